The zero-order valence-corrected chi connectivity index (χ0v) is 11.1. The van der Waals surface area contributed by atoms with Crippen molar-refractivity contribution in [2.24, 2.45) is 5.92 Å². The predicted octanol–water partition coefficient (Wildman–Crippen LogP) is 0.690. The summed E-state index contributed by atoms with van der Waals surface area (Å²) in [6.45, 7) is 4.04. The molecule has 1 aromatic heterocycles. The molecular weight excluding hydrogens is 250 g/mol. The minimum atomic E-state index is 0.0362. The van der Waals surface area contributed by atoms with E-state index in [0.29, 0.717) is 43.7 Å². The van der Waals surface area contributed by atoms with E-state index in [0.717, 1.165) is 19.4 Å². The fourth-order valence-electron chi connectivity index (χ4n) is 2.00. The van der Waals surface area contributed by atoms with Crippen LogP contribution in [0.3, 0.4) is 0 Å². The average molecular weight is 269 g/mol. The van der Waals surface area contributed by atoms with Crippen molar-refractivity contribution in [1.82, 2.24) is 15.6 Å². The highest BCUT2D eigenvalue weighted by molar-refractivity contribution is 5.76. The normalized spacial score (nSPS) is 19.1. The topological polar surface area (TPSA) is 86.5 Å². The number of nitrogens with one attached hydrogen (secondary N) is 1. The molecule has 1 fully saturated rings. The summed E-state index contributed by atoms with van der Waals surface area (Å²) >= 11 is 0. The van der Waals surface area contributed by atoms with Gasteiger partial charge in [-0.3, -0.25) is 4.79 Å². The maximum atomic E-state index is 11.7. The van der Waals surface area contributed by atoms with Gasteiger partial charge in [-0.05, 0) is 30.8 Å². The Labute approximate surface area is 111 Å². The standard InChI is InChI=1S/C12H19N3O4/c1-9-12(15-19-14-9)18-6-4-13-11(16)7-10-3-2-5-17-8-10/h10H,2-8H2,1H3,(H,13,16). The van der Waals surface area contributed by atoms with Crippen LogP contribution in [0.25, 0.3) is 0 Å². The second-order valence-corrected chi connectivity index (χ2v) is 4.64. The molecule has 2 heterocycles. The summed E-state index contributed by atoms with van der Waals surface area (Å²) in [5.74, 6) is 0.751. The second-order valence-electron chi connectivity index (χ2n) is 4.64. The Morgan fingerprint density at radius 2 is 2.42 bits per heavy atom. The lowest BCUT2D eigenvalue weighted by Gasteiger charge is -2.21. The van der Waals surface area contributed by atoms with Crippen molar-refractivity contribution in [2.75, 3.05) is 26.4 Å². The third kappa shape index (κ3) is 4.51. The van der Waals surface area contributed by atoms with Crippen LogP contribution in [0.5, 0.6) is 5.88 Å². The molecule has 2 rings (SSSR count). The monoisotopic (exact) mass is 269 g/mol. The minimum absolute atomic E-state index is 0.0362. The fraction of sp³-hybridized carbons (Fsp3) is 0.750. The number of carbonyl (C=O) groups is 1. The number of ether oxygens (including phenoxy) is 2. The Morgan fingerprint density at radius 1 is 1.53 bits per heavy atom. The summed E-state index contributed by atoms with van der Waals surface area (Å²) in [6.07, 6.45) is 2.62. The van der Waals surface area contributed by atoms with E-state index in [2.05, 4.69) is 20.3 Å². The predicted molar refractivity (Wildman–Crippen MR) is 65.7 cm³/mol. The summed E-state index contributed by atoms with van der Waals surface area (Å²) in [5.41, 5.74) is 0.602. The summed E-state index contributed by atoms with van der Waals surface area (Å²) in [5, 5.41) is 10.00. The molecular formula is C12H19N3O4. The van der Waals surface area contributed by atoms with Crippen molar-refractivity contribution in [3.8, 4) is 5.88 Å². The number of aromatic nitrogens is 2. The maximum Gasteiger partial charge on any atom is 0.278 e. The van der Waals surface area contributed by atoms with Crippen LogP contribution in [0.2, 0.25) is 0 Å². The Balaban J connectivity index is 1.57. The van der Waals surface area contributed by atoms with Gasteiger partial charge in [0.05, 0.1) is 6.54 Å². The van der Waals surface area contributed by atoms with E-state index in [1.54, 1.807) is 6.92 Å². The van der Waals surface area contributed by atoms with Crippen LogP contribution in [-0.4, -0.2) is 42.6 Å². The molecule has 0 radical (unpaired) electrons. The lowest BCUT2D eigenvalue weighted by Crippen LogP contribution is -2.31. The second kappa shape index (κ2) is 7.08. The Kier molecular flexibility index (Phi) is 5.14. The Morgan fingerprint density at radius 3 is 3.11 bits per heavy atom. The van der Waals surface area contributed by atoms with Crippen molar-refractivity contribution < 1.29 is 18.9 Å². The molecule has 1 aliphatic rings. The number of aryl methyl sites for hydroxylation is 1. The lowest BCUT2D eigenvalue weighted by atomic mass is 9.98. The molecule has 1 saturated heterocycles. The van der Waals surface area contributed by atoms with Crippen LogP contribution in [0, 0.1) is 12.8 Å². The van der Waals surface area contributed by atoms with Crippen LogP contribution in [0.1, 0.15) is 25.0 Å². The van der Waals surface area contributed by atoms with E-state index >= 15 is 0 Å². The van der Waals surface area contributed by atoms with Gasteiger partial charge in [-0.15, -0.1) is 0 Å². The molecule has 0 aromatic carbocycles. The van der Waals surface area contributed by atoms with Crippen molar-refractivity contribution in [3.05, 3.63) is 5.69 Å². The molecule has 1 aromatic rings. The first-order chi connectivity index (χ1) is 9.25. The first-order valence-corrected chi connectivity index (χ1v) is 6.52. The van der Waals surface area contributed by atoms with E-state index in [4.69, 9.17) is 9.47 Å². The molecule has 19 heavy (non-hydrogen) atoms. The Hall–Kier alpha value is -1.63. The minimum Gasteiger partial charge on any atom is -0.472 e. The Bertz CT molecular complexity index is 401. The van der Waals surface area contributed by atoms with E-state index < -0.39 is 0 Å². The fourth-order valence-corrected chi connectivity index (χ4v) is 2.00. The van der Waals surface area contributed by atoms with Gasteiger partial charge in [0.2, 0.25) is 5.91 Å². The third-order valence-corrected chi connectivity index (χ3v) is 3.00. The molecule has 0 saturated carbocycles. The van der Waals surface area contributed by atoms with Gasteiger partial charge in [-0.1, -0.05) is 5.16 Å². The van der Waals surface area contributed by atoms with Crippen LogP contribution >= 0.6 is 0 Å². The van der Waals surface area contributed by atoms with Crippen LogP contribution in [-0.2, 0) is 9.53 Å². The summed E-state index contributed by atoms with van der Waals surface area (Å²) < 4.78 is 15.1. The summed E-state index contributed by atoms with van der Waals surface area (Å²) in [4.78, 5) is 11.7. The van der Waals surface area contributed by atoms with Gasteiger partial charge in [0, 0.05) is 19.6 Å². The third-order valence-electron chi connectivity index (χ3n) is 3.00. The van der Waals surface area contributed by atoms with E-state index in [-0.39, 0.29) is 5.91 Å². The van der Waals surface area contributed by atoms with Gasteiger partial charge >= 0.3 is 0 Å². The molecule has 7 nitrogen and oxygen atoms in total. The van der Waals surface area contributed by atoms with E-state index in [1.165, 1.54) is 0 Å². The van der Waals surface area contributed by atoms with Crippen LogP contribution < -0.4 is 10.1 Å². The highest BCUT2D eigenvalue weighted by Gasteiger charge is 2.17. The van der Waals surface area contributed by atoms with Gasteiger partial charge in [0.1, 0.15) is 12.3 Å². The van der Waals surface area contributed by atoms with Crippen LogP contribution in [0.15, 0.2) is 4.63 Å². The number of carbonyl (C=O) groups excluding carboxylic acids is 1. The van der Waals surface area contributed by atoms with Crippen molar-refractivity contribution >= 4 is 5.91 Å². The molecule has 106 valence electrons. The van der Waals surface area contributed by atoms with Gasteiger partial charge in [0.25, 0.3) is 5.88 Å². The SMILES string of the molecule is Cc1nonc1OCCNC(=O)CC1CCCOC1. The van der Waals surface area contributed by atoms with E-state index in [1.807, 2.05) is 0 Å². The van der Waals surface area contributed by atoms with Crippen molar-refractivity contribution in [3.63, 3.8) is 0 Å². The smallest absolute Gasteiger partial charge is 0.278 e. The van der Waals surface area contributed by atoms with Crippen LogP contribution in [0.4, 0.5) is 0 Å². The number of hydrogen-bond donors (Lipinski definition) is 1. The molecule has 1 aliphatic heterocycles. The van der Waals surface area contributed by atoms with Gasteiger partial charge in [-0.25, -0.2) is 4.63 Å². The molecule has 1 N–H and O–H groups in total. The van der Waals surface area contributed by atoms with Gasteiger partial charge in [-0.2, -0.15) is 0 Å². The largest absolute Gasteiger partial charge is 0.472 e. The maximum absolute atomic E-state index is 11.7. The van der Waals surface area contributed by atoms with Gasteiger partial charge in [0.15, 0.2) is 0 Å². The number of rotatable bonds is 6. The van der Waals surface area contributed by atoms with Crippen molar-refractivity contribution in [2.45, 2.75) is 26.2 Å². The first-order valence-electron chi connectivity index (χ1n) is 6.52. The van der Waals surface area contributed by atoms with Crippen molar-refractivity contribution in [1.29, 1.82) is 0 Å². The average Bonchev–Trinajstić information content (AvgIpc) is 2.81. The highest BCUT2D eigenvalue weighted by atomic mass is 16.6. The zero-order valence-electron chi connectivity index (χ0n) is 11.1. The van der Waals surface area contributed by atoms with Gasteiger partial charge < -0.3 is 14.8 Å². The molecule has 0 spiro atoms. The number of hydrogen-bond acceptors (Lipinski definition) is 6. The summed E-state index contributed by atoms with van der Waals surface area (Å²) in [7, 11) is 0. The number of nitrogens with zero attached hydrogens (tertiary/aromatic N) is 2. The lowest BCUT2D eigenvalue weighted by molar-refractivity contribution is -0.123. The molecule has 1 amide bonds. The quantitative estimate of drug-likeness (QED) is 0.765. The number of amides is 1. The molecule has 0 bridgehead atoms. The molecule has 0 aliphatic carbocycles. The highest BCUT2D eigenvalue weighted by Crippen LogP contribution is 2.16. The molecule has 1 unspecified atom stereocenters. The molecule has 1 atom stereocenters. The summed E-state index contributed by atoms with van der Waals surface area (Å²) in [6, 6.07) is 0. The molecule has 7 heteroatoms. The first kappa shape index (κ1) is 13.8. The zero-order chi connectivity index (χ0) is 13.5. The van der Waals surface area contributed by atoms with E-state index in [9.17, 15) is 4.79 Å².